The zero-order chi connectivity index (χ0) is 12.5. The minimum atomic E-state index is 0.0694. The van der Waals surface area contributed by atoms with Crippen LogP contribution in [0.25, 0.3) is 0 Å². The van der Waals surface area contributed by atoms with Gasteiger partial charge in [-0.15, -0.1) is 0 Å². The Hall–Kier alpha value is -0.850. The molecule has 0 aromatic heterocycles. The highest BCUT2D eigenvalue weighted by Crippen LogP contribution is 2.44. The van der Waals surface area contributed by atoms with Crippen molar-refractivity contribution in [3.8, 4) is 0 Å². The van der Waals surface area contributed by atoms with Gasteiger partial charge in [0.25, 0.3) is 0 Å². The number of hydrogen-bond acceptors (Lipinski definition) is 1. The topological polar surface area (TPSA) is 17.1 Å². The van der Waals surface area contributed by atoms with Crippen LogP contribution in [0.2, 0.25) is 0 Å². The van der Waals surface area contributed by atoms with Gasteiger partial charge in [-0.05, 0) is 44.1 Å². The Morgan fingerprint density at radius 3 is 2.50 bits per heavy atom. The lowest BCUT2D eigenvalue weighted by Gasteiger charge is -2.40. The van der Waals surface area contributed by atoms with Crippen LogP contribution in [0.3, 0.4) is 0 Å². The zero-order valence-electron chi connectivity index (χ0n) is 11.4. The third kappa shape index (κ3) is 2.45. The molecule has 0 saturated heterocycles. The molecule has 0 N–H and O–H groups in total. The Bertz CT molecular complexity index is 344. The van der Waals surface area contributed by atoms with Gasteiger partial charge in [-0.3, -0.25) is 4.79 Å². The summed E-state index contributed by atoms with van der Waals surface area (Å²) < 4.78 is 0. The van der Waals surface area contributed by atoms with E-state index in [4.69, 9.17) is 0 Å². The van der Waals surface area contributed by atoms with Crippen molar-refractivity contribution in [2.24, 2.45) is 17.3 Å². The predicted octanol–water partition coefficient (Wildman–Crippen LogP) is 4.15. The van der Waals surface area contributed by atoms with Gasteiger partial charge in [0, 0.05) is 5.92 Å². The summed E-state index contributed by atoms with van der Waals surface area (Å²) in [5.74, 6) is 0.956. The van der Waals surface area contributed by atoms with Crippen LogP contribution < -0.4 is 0 Å². The van der Waals surface area contributed by atoms with Crippen molar-refractivity contribution in [1.29, 1.82) is 0 Å². The predicted molar refractivity (Wildman–Crippen MR) is 69.2 cm³/mol. The molecule has 0 fully saturated rings. The Kier molecular flexibility index (Phi) is 3.77. The number of Topliss-reactive ketones (excluding diaryl/α,β-unsaturated/α-hetero) is 1. The third-order valence-electron chi connectivity index (χ3n) is 3.72. The Labute approximate surface area is 99.6 Å². The number of allylic oxidation sites excluding steroid dienone is 4. The van der Waals surface area contributed by atoms with Gasteiger partial charge >= 0.3 is 0 Å². The van der Waals surface area contributed by atoms with E-state index in [0.717, 1.165) is 12.0 Å². The summed E-state index contributed by atoms with van der Waals surface area (Å²) in [6.45, 7) is 12.6. The van der Waals surface area contributed by atoms with E-state index in [1.54, 1.807) is 0 Å². The van der Waals surface area contributed by atoms with E-state index in [1.165, 1.54) is 5.57 Å². The molecule has 0 aromatic carbocycles. The van der Waals surface area contributed by atoms with E-state index >= 15 is 0 Å². The van der Waals surface area contributed by atoms with Crippen LogP contribution in [-0.4, -0.2) is 5.78 Å². The van der Waals surface area contributed by atoms with Crippen molar-refractivity contribution in [3.63, 3.8) is 0 Å². The van der Waals surface area contributed by atoms with Gasteiger partial charge < -0.3 is 0 Å². The minimum Gasteiger partial charge on any atom is -0.294 e. The molecule has 0 bridgehead atoms. The van der Waals surface area contributed by atoms with Crippen molar-refractivity contribution in [2.75, 3.05) is 0 Å². The number of ketones is 1. The molecule has 1 aliphatic carbocycles. The molecule has 0 radical (unpaired) electrons. The first-order chi connectivity index (χ1) is 7.29. The van der Waals surface area contributed by atoms with Gasteiger partial charge in [0.15, 0.2) is 5.78 Å². The average molecular weight is 220 g/mol. The molecule has 1 heteroatoms. The highest BCUT2D eigenvalue weighted by atomic mass is 16.1. The molecule has 16 heavy (non-hydrogen) atoms. The summed E-state index contributed by atoms with van der Waals surface area (Å²) in [5, 5.41) is 0. The second kappa shape index (κ2) is 4.57. The van der Waals surface area contributed by atoms with Gasteiger partial charge in [0.1, 0.15) is 0 Å². The quantitative estimate of drug-likeness (QED) is 0.504. The minimum absolute atomic E-state index is 0.0694. The summed E-state index contributed by atoms with van der Waals surface area (Å²) >= 11 is 0. The van der Waals surface area contributed by atoms with E-state index in [2.05, 4.69) is 33.8 Å². The number of carbonyl (C=O) groups is 1. The molecule has 90 valence electrons. The van der Waals surface area contributed by atoms with Crippen LogP contribution in [0.4, 0.5) is 0 Å². The number of rotatable bonds is 2. The molecule has 2 atom stereocenters. The van der Waals surface area contributed by atoms with E-state index in [1.807, 2.05) is 19.9 Å². The normalized spacial score (nSPS) is 29.9. The number of hydrogen-bond donors (Lipinski definition) is 0. The Morgan fingerprint density at radius 1 is 1.50 bits per heavy atom. The SMILES string of the molecule is CC=C(C)C(=O)[C@@H]1C(C)=C[C@@H](C)CC1(C)C. The third-order valence-corrected chi connectivity index (χ3v) is 3.72. The summed E-state index contributed by atoms with van der Waals surface area (Å²) in [4.78, 5) is 12.4. The van der Waals surface area contributed by atoms with Crippen molar-refractivity contribution in [3.05, 3.63) is 23.3 Å². The molecule has 1 rings (SSSR count). The summed E-state index contributed by atoms with van der Waals surface area (Å²) in [5.41, 5.74) is 2.22. The molecule has 0 aliphatic heterocycles. The highest BCUT2D eigenvalue weighted by molar-refractivity contribution is 5.98. The monoisotopic (exact) mass is 220 g/mol. The number of carbonyl (C=O) groups excluding carboxylic acids is 1. The average Bonchev–Trinajstić information content (AvgIpc) is 2.13. The second-order valence-electron chi connectivity index (χ2n) is 5.85. The molecule has 0 spiro atoms. The molecule has 0 amide bonds. The summed E-state index contributed by atoms with van der Waals surface area (Å²) in [6.07, 6.45) is 5.28. The van der Waals surface area contributed by atoms with Crippen LogP contribution in [0.15, 0.2) is 23.3 Å². The smallest absolute Gasteiger partial charge is 0.165 e. The fourth-order valence-corrected chi connectivity index (χ4v) is 3.10. The first-order valence-corrected chi connectivity index (χ1v) is 6.15. The Morgan fingerprint density at radius 2 is 2.06 bits per heavy atom. The summed E-state index contributed by atoms with van der Waals surface area (Å²) in [6, 6.07) is 0. The first kappa shape index (κ1) is 13.2. The standard InChI is InChI=1S/C15H24O/c1-7-11(3)14(16)13-12(4)8-10(2)9-15(13,5)6/h7-8,10,13H,9H2,1-6H3/t10-,13+/m1/s1. The van der Waals surface area contributed by atoms with Gasteiger partial charge in [-0.2, -0.15) is 0 Å². The molecule has 0 heterocycles. The maximum absolute atomic E-state index is 12.4. The fraction of sp³-hybridized carbons (Fsp3) is 0.667. The molecule has 0 aromatic rings. The molecule has 1 nitrogen and oxygen atoms in total. The van der Waals surface area contributed by atoms with Crippen molar-refractivity contribution >= 4 is 5.78 Å². The van der Waals surface area contributed by atoms with Gasteiger partial charge in [0.2, 0.25) is 0 Å². The lowest BCUT2D eigenvalue weighted by molar-refractivity contribution is -0.121. The van der Waals surface area contributed by atoms with Crippen LogP contribution in [0.5, 0.6) is 0 Å². The van der Waals surface area contributed by atoms with E-state index in [9.17, 15) is 4.79 Å². The van der Waals surface area contributed by atoms with Crippen LogP contribution in [-0.2, 0) is 4.79 Å². The van der Waals surface area contributed by atoms with Crippen LogP contribution in [0, 0.1) is 17.3 Å². The second-order valence-corrected chi connectivity index (χ2v) is 5.85. The zero-order valence-corrected chi connectivity index (χ0v) is 11.4. The van der Waals surface area contributed by atoms with Crippen LogP contribution in [0.1, 0.15) is 48.0 Å². The first-order valence-electron chi connectivity index (χ1n) is 6.15. The largest absolute Gasteiger partial charge is 0.294 e. The van der Waals surface area contributed by atoms with Gasteiger partial charge in [0.05, 0.1) is 0 Å². The molecule has 0 unspecified atom stereocenters. The summed E-state index contributed by atoms with van der Waals surface area (Å²) in [7, 11) is 0. The van der Waals surface area contributed by atoms with E-state index < -0.39 is 0 Å². The van der Waals surface area contributed by atoms with Crippen molar-refractivity contribution in [1.82, 2.24) is 0 Å². The van der Waals surface area contributed by atoms with Crippen LogP contribution >= 0.6 is 0 Å². The van der Waals surface area contributed by atoms with Crippen molar-refractivity contribution < 1.29 is 4.79 Å². The maximum Gasteiger partial charge on any atom is 0.165 e. The lowest BCUT2D eigenvalue weighted by atomic mass is 9.63. The van der Waals surface area contributed by atoms with Gasteiger partial charge in [-0.1, -0.05) is 38.5 Å². The molecular formula is C15H24O. The van der Waals surface area contributed by atoms with E-state index in [0.29, 0.717) is 11.7 Å². The maximum atomic E-state index is 12.4. The fourth-order valence-electron chi connectivity index (χ4n) is 3.10. The lowest BCUT2D eigenvalue weighted by Crippen LogP contribution is -2.36. The highest BCUT2D eigenvalue weighted by Gasteiger charge is 2.39. The van der Waals surface area contributed by atoms with Gasteiger partial charge in [-0.25, -0.2) is 0 Å². The Balaban J connectivity index is 3.11. The van der Waals surface area contributed by atoms with Crippen molar-refractivity contribution in [2.45, 2.75) is 48.0 Å². The van der Waals surface area contributed by atoms with E-state index in [-0.39, 0.29) is 11.3 Å². The molecule has 1 aliphatic rings. The molecular weight excluding hydrogens is 196 g/mol. The molecule has 0 saturated carbocycles.